The highest BCUT2D eigenvalue weighted by atomic mass is 16.1. The molecule has 1 saturated carbocycles. The molecule has 2 rings (SSSR count). The van der Waals surface area contributed by atoms with Crippen LogP contribution in [0.3, 0.4) is 0 Å². The number of nitrogens with zero attached hydrogens (tertiary/aromatic N) is 1. The van der Waals surface area contributed by atoms with E-state index in [9.17, 15) is 4.79 Å². The number of anilines is 1. The highest BCUT2D eigenvalue weighted by Crippen LogP contribution is 2.29. The van der Waals surface area contributed by atoms with E-state index in [1.807, 2.05) is 13.0 Å². The molecule has 0 amide bonds. The molecule has 1 aliphatic carbocycles. The van der Waals surface area contributed by atoms with E-state index in [1.54, 1.807) is 0 Å². The maximum absolute atomic E-state index is 11.3. The van der Waals surface area contributed by atoms with Gasteiger partial charge in [0, 0.05) is 23.8 Å². The first-order valence-electron chi connectivity index (χ1n) is 7.08. The van der Waals surface area contributed by atoms with Crippen molar-refractivity contribution in [3.05, 3.63) is 29.3 Å². The van der Waals surface area contributed by atoms with Gasteiger partial charge in [0.05, 0.1) is 0 Å². The number of carbonyl (C=O) groups is 1. The fourth-order valence-electron chi connectivity index (χ4n) is 3.05. The normalized spacial score (nSPS) is 16.6. The van der Waals surface area contributed by atoms with Gasteiger partial charge in [0.1, 0.15) is 0 Å². The average Bonchev–Trinajstić information content (AvgIpc) is 2.42. The Hall–Kier alpha value is -1.31. The number of carbonyl (C=O) groups excluding carboxylic acids is 1. The van der Waals surface area contributed by atoms with Crippen LogP contribution >= 0.6 is 0 Å². The molecule has 2 heteroatoms. The lowest BCUT2D eigenvalue weighted by molar-refractivity contribution is 0.112. The van der Waals surface area contributed by atoms with E-state index in [1.165, 1.54) is 32.1 Å². The zero-order chi connectivity index (χ0) is 13.0. The van der Waals surface area contributed by atoms with Crippen molar-refractivity contribution in [2.45, 2.75) is 52.0 Å². The number of benzene rings is 1. The first kappa shape index (κ1) is 13.1. The van der Waals surface area contributed by atoms with Crippen LogP contribution < -0.4 is 4.90 Å². The molecule has 0 saturated heterocycles. The van der Waals surface area contributed by atoms with Crippen molar-refractivity contribution < 1.29 is 4.79 Å². The molecular formula is C16H23NO. The van der Waals surface area contributed by atoms with Gasteiger partial charge < -0.3 is 4.90 Å². The molecule has 1 aliphatic rings. The molecule has 0 atom stereocenters. The maximum Gasteiger partial charge on any atom is 0.152 e. The number of aryl methyl sites for hydroxylation is 1. The minimum Gasteiger partial charge on any atom is -0.368 e. The minimum absolute atomic E-state index is 0.616. The molecule has 0 bridgehead atoms. The molecule has 0 unspecified atom stereocenters. The fourth-order valence-corrected chi connectivity index (χ4v) is 3.05. The van der Waals surface area contributed by atoms with Crippen LogP contribution in [0.25, 0.3) is 0 Å². The average molecular weight is 245 g/mol. The summed E-state index contributed by atoms with van der Waals surface area (Å²) in [5, 5.41) is 0. The number of hydrogen-bond acceptors (Lipinski definition) is 2. The van der Waals surface area contributed by atoms with Crippen LogP contribution in [0.2, 0.25) is 0 Å². The van der Waals surface area contributed by atoms with Crippen LogP contribution in [-0.4, -0.2) is 18.9 Å². The van der Waals surface area contributed by atoms with Gasteiger partial charge in [0.2, 0.25) is 0 Å². The Morgan fingerprint density at radius 3 is 2.61 bits per heavy atom. The van der Waals surface area contributed by atoms with Gasteiger partial charge in [-0.3, -0.25) is 4.79 Å². The monoisotopic (exact) mass is 245 g/mol. The first-order valence-corrected chi connectivity index (χ1v) is 7.08. The summed E-state index contributed by atoms with van der Waals surface area (Å²) >= 11 is 0. The predicted molar refractivity (Wildman–Crippen MR) is 76.5 cm³/mol. The van der Waals surface area contributed by atoms with Gasteiger partial charge in [-0.1, -0.05) is 30.9 Å². The Morgan fingerprint density at radius 1 is 1.28 bits per heavy atom. The molecular weight excluding hydrogens is 222 g/mol. The molecule has 0 radical (unpaired) electrons. The minimum atomic E-state index is 0.616. The third kappa shape index (κ3) is 2.74. The summed E-state index contributed by atoms with van der Waals surface area (Å²) in [7, 11) is 0. The van der Waals surface area contributed by atoms with E-state index in [2.05, 4.69) is 24.0 Å². The van der Waals surface area contributed by atoms with Crippen molar-refractivity contribution in [1.29, 1.82) is 0 Å². The number of rotatable bonds is 4. The molecule has 98 valence electrons. The largest absolute Gasteiger partial charge is 0.368 e. The first-order chi connectivity index (χ1) is 8.76. The van der Waals surface area contributed by atoms with E-state index < -0.39 is 0 Å². The van der Waals surface area contributed by atoms with Crippen LogP contribution in [0.4, 0.5) is 5.69 Å². The zero-order valence-electron chi connectivity index (χ0n) is 11.5. The van der Waals surface area contributed by atoms with E-state index in [-0.39, 0.29) is 0 Å². The van der Waals surface area contributed by atoms with Crippen LogP contribution in [0.1, 0.15) is 54.9 Å². The number of aldehydes is 1. The summed E-state index contributed by atoms with van der Waals surface area (Å²) in [6, 6.07) is 6.82. The van der Waals surface area contributed by atoms with Gasteiger partial charge in [-0.25, -0.2) is 0 Å². The van der Waals surface area contributed by atoms with Gasteiger partial charge >= 0.3 is 0 Å². The van der Waals surface area contributed by atoms with Crippen LogP contribution in [0.15, 0.2) is 18.2 Å². The van der Waals surface area contributed by atoms with E-state index in [0.717, 1.165) is 29.6 Å². The second-order valence-electron chi connectivity index (χ2n) is 5.26. The second-order valence-corrected chi connectivity index (χ2v) is 5.26. The summed E-state index contributed by atoms with van der Waals surface area (Å²) < 4.78 is 0. The van der Waals surface area contributed by atoms with E-state index in [4.69, 9.17) is 0 Å². The standard InChI is InChI=1S/C16H23NO/c1-3-17(15-7-5-4-6-8-15)16-10-9-13(2)11-14(16)12-18/h9-12,15H,3-8H2,1-2H3. The summed E-state index contributed by atoms with van der Waals surface area (Å²) in [6.07, 6.45) is 7.53. The molecule has 0 N–H and O–H groups in total. The zero-order valence-corrected chi connectivity index (χ0v) is 11.5. The Morgan fingerprint density at radius 2 is 2.00 bits per heavy atom. The lowest BCUT2D eigenvalue weighted by Crippen LogP contribution is -2.37. The summed E-state index contributed by atoms with van der Waals surface area (Å²) in [4.78, 5) is 13.7. The third-order valence-corrected chi connectivity index (χ3v) is 3.98. The molecule has 18 heavy (non-hydrogen) atoms. The van der Waals surface area contributed by atoms with Crippen molar-refractivity contribution in [3.63, 3.8) is 0 Å². The molecule has 2 nitrogen and oxygen atoms in total. The smallest absolute Gasteiger partial charge is 0.152 e. The quantitative estimate of drug-likeness (QED) is 0.748. The Bertz CT molecular complexity index is 408. The predicted octanol–water partition coefficient (Wildman–Crippen LogP) is 3.97. The highest BCUT2D eigenvalue weighted by Gasteiger charge is 2.21. The summed E-state index contributed by atoms with van der Waals surface area (Å²) in [6.45, 7) is 5.20. The van der Waals surface area contributed by atoms with Crippen molar-refractivity contribution in [3.8, 4) is 0 Å². The highest BCUT2D eigenvalue weighted by molar-refractivity contribution is 5.85. The van der Waals surface area contributed by atoms with Crippen molar-refractivity contribution in [1.82, 2.24) is 0 Å². The maximum atomic E-state index is 11.3. The molecule has 0 heterocycles. The third-order valence-electron chi connectivity index (χ3n) is 3.98. The topological polar surface area (TPSA) is 20.3 Å². The van der Waals surface area contributed by atoms with E-state index >= 15 is 0 Å². The molecule has 1 aromatic carbocycles. The van der Waals surface area contributed by atoms with Crippen molar-refractivity contribution in [2.75, 3.05) is 11.4 Å². The second kappa shape index (κ2) is 6.03. The molecule has 0 aromatic heterocycles. The molecule has 1 fully saturated rings. The SMILES string of the molecule is CCN(c1ccc(C)cc1C=O)C1CCCCC1. The fraction of sp³-hybridized carbons (Fsp3) is 0.562. The Labute approximate surface area is 110 Å². The van der Waals surface area contributed by atoms with Crippen LogP contribution in [-0.2, 0) is 0 Å². The number of hydrogen-bond donors (Lipinski definition) is 0. The molecule has 0 spiro atoms. The Kier molecular flexibility index (Phi) is 4.40. The summed E-state index contributed by atoms with van der Waals surface area (Å²) in [5.74, 6) is 0. The van der Waals surface area contributed by atoms with Gasteiger partial charge in [0.25, 0.3) is 0 Å². The van der Waals surface area contributed by atoms with Crippen molar-refractivity contribution in [2.24, 2.45) is 0 Å². The molecule has 1 aromatic rings. The van der Waals surface area contributed by atoms with Crippen molar-refractivity contribution >= 4 is 12.0 Å². The molecule has 0 aliphatic heterocycles. The van der Waals surface area contributed by atoms with Crippen LogP contribution in [0, 0.1) is 6.92 Å². The lowest BCUT2D eigenvalue weighted by Gasteiger charge is -2.36. The van der Waals surface area contributed by atoms with Gasteiger partial charge in [0.15, 0.2) is 6.29 Å². The van der Waals surface area contributed by atoms with Gasteiger partial charge in [-0.2, -0.15) is 0 Å². The summed E-state index contributed by atoms with van der Waals surface area (Å²) in [5.41, 5.74) is 3.10. The van der Waals surface area contributed by atoms with E-state index in [0.29, 0.717) is 6.04 Å². The van der Waals surface area contributed by atoms with Gasteiger partial charge in [-0.15, -0.1) is 0 Å². The lowest BCUT2D eigenvalue weighted by atomic mass is 9.93. The van der Waals surface area contributed by atoms with Crippen LogP contribution in [0.5, 0.6) is 0 Å². The van der Waals surface area contributed by atoms with Gasteiger partial charge in [-0.05, 0) is 38.8 Å². The Balaban J connectivity index is 2.28.